The molecule has 1 aromatic rings. The second kappa shape index (κ2) is 5.83. The molecule has 1 aromatic carbocycles. The van der Waals surface area contributed by atoms with Crippen molar-refractivity contribution in [3.05, 3.63) is 28.8 Å². The summed E-state index contributed by atoms with van der Waals surface area (Å²) < 4.78 is 0. The van der Waals surface area contributed by atoms with Crippen LogP contribution in [-0.2, 0) is 4.79 Å². The normalized spacial score (nSPS) is 17.5. The van der Waals surface area contributed by atoms with Gasteiger partial charge in [-0.1, -0.05) is 37.8 Å². The lowest BCUT2D eigenvalue weighted by Gasteiger charge is -2.32. The average Bonchev–Trinajstić information content (AvgIpc) is 2.41. The summed E-state index contributed by atoms with van der Waals surface area (Å²) in [5.41, 5.74) is -0.0860. The Labute approximate surface area is 123 Å². The third-order valence-electron chi connectivity index (χ3n) is 3.97. The van der Waals surface area contributed by atoms with Crippen LogP contribution in [0.15, 0.2) is 18.2 Å². The Morgan fingerprint density at radius 2 is 1.90 bits per heavy atom. The largest absolute Gasteiger partial charge is 0.478 e. The minimum absolute atomic E-state index is 0.0188. The zero-order valence-electron chi connectivity index (χ0n) is 11.4. The highest BCUT2D eigenvalue weighted by molar-refractivity contribution is 6.31. The number of carboxylic acid groups (broad SMARTS) is 1. The average molecular weight is 296 g/mol. The Bertz CT molecular complexity index is 536. The first-order valence-electron chi connectivity index (χ1n) is 6.77. The van der Waals surface area contributed by atoms with E-state index >= 15 is 0 Å². The molecule has 2 N–H and O–H groups in total. The molecule has 4 nitrogen and oxygen atoms in total. The van der Waals surface area contributed by atoms with E-state index in [0.717, 1.165) is 32.1 Å². The van der Waals surface area contributed by atoms with E-state index in [-0.39, 0.29) is 11.5 Å². The number of aromatic carboxylic acids is 1. The van der Waals surface area contributed by atoms with Crippen LogP contribution < -0.4 is 5.32 Å². The van der Waals surface area contributed by atoms with Gasteiger partial charge in [-0.2, -0.15) is 0 Å². The maximum absolute atomic E-state index is 12.4. The monoisotopic (exact) mass is 295 g/mol. The quantitative estimate of drug-likeness (QED) is 0.887. The number of carbonyl (C=O) groups excluding carboxylic acids is 1. The standard InChI is InChI=1S/C15H18ClNO3/c1-15(7-3-2-4-8-15)14(20)17-12-6-5-10(16)9-11(12)13(18)19/h5-6,9H,2-4,7-8H2,1H3,(H,17,20)(H,18,19). The van der Waals surface area contributed by atoms with Gasteiger partial charge in [-0.3, -0.25) is 4.79 Å². The minimum atomic E-state index is -1.10. The minimum Gasteiger partial charge on any atom is -0.478 e. The summed E-state index contributed by atoms with van der Waals surface area (Å²) in [4.78, 5) is 23.6. The molecule has 1 aliphatic carbocycles. The van der Waals surface area contributed by atoms with Crippen molar-refractivity contribution in [3.63, 3.8) is 0 Å². The second-order valence-electron chi connectivity index (χ2n) is 5.57. The van der Waals surface area contributed by atoms with Gasteiger partial charge in [0.2, 0.25) is 5.91 Å². The van der Waals surface area contributed by atoms with Gasteiger partial charge in [-0.15, -0.1) is 0 Å². The van der Waals surface area contributed by atoms with E-state index in [1.165, 1.54) is 12.1 Å². The molecule has 5 heteroatoms. The molecule has 2 rings (SSSR count). The number of carboxylic acids is 1. The summed E-state index contributed by atoms with van der Waals surface area (Å²) in [5, 5.41) is 12.3. The van der Waals surface area contributed by atoms with Crippen LogP contribution in [0, 0.1) is 5.41 Å². The van der Waals surface area contributed by atoms with Gasteiger partial charge in [0.1, 0.15) is 0 Å². The Morgan fingerprint density at radius 1 is 1.25 bits per heavy atom. The number of halogens is 1. The predicted octanol–water partition coefficient (Wildman–Crippen LogP) is 3.95. The number of hydrogen-bond acceptors (Lipinski definition) is 2. The van der Waals surface area contributed by atoms with Gasteiger partial charge in [-0.25, -0.2) is 4.79 Å². The van der Waals surface area contributed by atoms with Crippen LogP contribution in [-0.4, -0.2) is 17.0 Å². The number of rotatable bonds is 3. The van der Waals surface area contributed by atoms with Gasteiger partial charge in [0.05, 0.1) is 11.3 Å². The van der Waals surface area contributed by atoms with Crippen LogP contribution in [0.4, 0.5) is 5.69 Å². The molecule has 0 aliphatic heterocycles. The van der Waals surface area contributed by atoms with Gasteiger partial charge in [-0.05, 0) is 31.0 Å². The van der Waals surface area contributed by atoms with Crippen LogP contribution in [0.2, 0.25) is 5.02 Å². The molecule has 0 unspecified atom stereocenters. The van der Waals surface area contributed by atoms with Gasteiger partial charge in [0.25, 0.3) is 0 Å². The molecule has 0 heterocycles. The smallest absolute Gasteiger partial charge is 0.337 e. The maximum Gasteiger partial charge on any atom is 0.337 e. The molecule has 0 spiro atoms. The highest BCUT2D eigenvalue weighted by Crippen LogP contribution is 2.37. The van der Waals surface area contributed by atoms with Crippen molar-refractivity contribution in [2.45, 2.75) is 39.0 Å². The lowest BCUT2D eigenvalue weighted by atomic mass is 9.75. The van der Waals surface area contributed by atoms with Crippen molar-refractivity contribution in [1.82, 2.24) is 0 Å². The van der Waals surface area contributed by atoms with Crippen LogP contribution in [0.3, 0.4) is 0 Å². The van der Waals surface area contributed by atoms with Crippen molar-refractivity contribution in [2.24, 2.45) is 5.41 Å². The Morgan fingerprint density at radius 3 is 2.50 bits per heavy atom. The molecule has 20 heavy (non-hydrogen) atoms. The fraction of sp³-hybridized carbons (Fsp3) is 0.467. The number of hydrogen-bond donors (Lipinski definition) is 2. The molecule has 0 radical (unpaired) electrons. The summed E-state index contributed by atoms with van der Waals surface area (Å²) in [6.07, 6.45) is 4.92. The van der Waals surface area contributed by atoms with Gasteiger partial charge < -0.3 is 10.4 Å². The van der Waals surface area contributed by atoms with E-state index in [0.29, 0.717) is 10.7 Å². The number of carbonyl (C=O) groups is 2. The third-order valence-corrected chi connectivity index (χ3v) is 4.20. The summed E-state index contributed by atoms with van der Waals surface area (Å²) in [5.74, 6) is -1.21. The van der Waals surface area contributed by atoms with Crippen molar-refractivity contribution in [2.75, 3.05) is 5.32 Å². The van der Waals surface area contributed by atoms with Crippen LogP contribution in [0.25, 0.3) is 0 Å². The summed E-state index contributed by atoms with van der Waals surface area (Å²) in [7, 11) is 0. The van der Waals surface area contributed by atoms with Crippen molar-refractivity contribution in [1.29, 1.82) is 0 Å². The highest BCUT2D eigenvalue weighted by atomic mass is 35.5. The lowest BCUT2D eigenvalue weighted by molar-refractivity contribution is -0.126. The van der Waals surface area contributed by atoms with E-state index in [1.54, 1.807) is 6.07 Å². The first-order valence-corrected chi connectivity index (χ1v) is 7.14. The molecule has 1 fully saturated rings. The first-order chi connectivity index (χ1) is 9.42. The van der Waals surface area contributed by atoms with E-state index in [4.69, 9.17) is 16.7 Å². The lowest BCUT2D eigenvalue weighted by Crippen LogP contribution is -2.35. The molecular formula is C15H18ClNO3. The summed E-state index contributed by atoms with van der Waals surface area (Å²) in [6, 6.07) is 4.46. The molecular weight excluding hydrogens is 278 g/mol. The molecule has 0 aromatic heterocycles. The zero-order chi connectivity index (χ0) is 14.8. The molecule has 0 atom stereocenters. The number of amides is 1. The number of benzene rings is 1. The molecule has 1 aliphatic rings. The van der Waals surface area contributed by atoms with Gasteiger partial charge in [0.15, 0.2) is 0 Å². The summed E-state index contributed by atoms with van der Waals surface area (Å²) in [6.45, 7) is 1.94. The van der Waals surface area contributed by atoms with E-state index in [2.05, 4.69) is 5.32 Å². The highest BCUT2D eigenvalue weighted by Gasteiger charge is 2.34. The zero-order valence-corrected chi connectivity index (χ0v) is 12.2. The van der Waals surface area contributed by atoms with Crippen LogP contribution >= 0.6 is 11.6 Å². The Kier molecular flexibility index (Phi) is 4.33. The third kappa shape index (κ3) is 3.12. The number of anilines is 1. The molecule has 1 saturated carbocycles. The van der Waals surface area contributed by atoms with E-state index in [9.17, 15) is 9.59 Å². The van der Waals surface area contributed by atoms with Crippen molar-refractivity contribution >= 4 is 29.2 Å². The second-order valence-corrected chi connectivity index (χ2v) is 6.01. The van der Waals surface area contributed by atoms with Crippen LogP contribution in [0.5, 0.6) is 0 Å². The molecule has 0 saturated heterocycles. The Balaban J connectivity index is 2.21. The van der Waals surface area contributed by atoms with E-state index < -0.39 is 11.4 Å². The summed E-state index contributed by atoms with van der Waals surface area (Å²) >= 11 is 5.80. The van der Waals surface area contributed by atoms with Crippen molar-refractivity contribution < 1.29 is 14.7 Å². The molecule has 0 bridgehead atoms. The SMILES string of the molecule is CC1(C(=O)Nc2ccc(Cl)cc2C(=O)O)CCCCC1. The van der Waals surface area contributed by atoms with E-state index in [1.807, 2.05) is 6.92 Å². The molecule has 108 valence electrons. The maximum atomic E-state index is 12.4. The van der Waals surface area contributed by atoms with Crippen LogP contribution in [0.1, 0.15) is 49.4 Å². The van der Waals surface area contributed by atoms with Crippen molar-refractivity contribution in [3.8, 4) is 0 Å². The number of nitrogens with one attached hydrogen (secondary N) is 1. The fourth-order valence-electron chi connectivity index (χ4n) is 2.63. The Hall–Kier alpha value is -1.55. The van der Waals surface area contributed by atoms with Gasteiger partial charge in [0, 0.05) is 10.4 Å². The predicted molar refractivity (Wildman–Crippen MR) is 78.2 cm³/mol. The molecule has 1 amide bonds. The first kappa shape index (κ1) is 14.9. The van der Waals surface area contributed by atoms with Gasteiger partial charge >= 0.3 is 5.97 Å². The topological polar surface area (TPSA) is 66.4 Å². The fourth-order valence-corrected chi connectivity index (χ4v) is 2.81.